The Morgan fingerprint density at radius 2 is 1.90 bits per heavy atom. The molecule has 0 bridgehead atoms. The number of rotatable bonds is 3. The van der Waals surface area contributed by atoms with Crippen LogP contribution in [0.1, 0.15) is 17.2 Å². The van der Waals surface area contributed by atoms with Crippen LogP contribution in [0.5, 0.6) is 0 Å². The van der Waals surface area contributed by atoms with Crippen LogP contribution in [0.15, 0.2) is 46.0 Å². The summed E-state index contributed by atoms with van der Waals surface area (Å²) in [6.45, 7) is 0. The Bertz CT molecular complexity index is 857. The number of ether oxygens (including phenoxy) is 1. The predicted octanol–water partition coefficient (Wildman–Crippen LogP) is 3.18. The van der Waals surface area contributed by atoms with Crippen molar-refractivity contribution >= 4 is 34.7 Å². The minimum atomic E-state index is -0.446. The molecule has 0 saturated heterocycles. The van der Waals surface area contributed by atoms with Crippen LogP contribution in [0.25, 0.3) is 16.8 Å². The number of benzene rings is 2. The maximum absolute atomic E-state index is 10.6. The van der Waals surface area contributed by atoms with E-state index in [2.05, 4.69) is 9.98 Å². The normalized spacial score (nSPS) is 15.9. The molecular weight excluding hydrogens is 268 g/mol. The van der Waals surface area contributed by atoms with Crippen LogP contribution in [0.2, 0.25) is 0 Å². The van der Waals surface area contributed by atoms with Crippen LogP contribution < -0.4 is 0 Å². The maximum atomic E-state index is 10.6. The van der Waals surface area contributed by atoms with E-state index >= 15 is 0 Å². The lowest BCUT2D eigenvalue weighted by Crippen LogP contribution is -2.09. The SMILES string of the molecule is COC1C(N=C=O)=Cc2c(N=C=O)ccc3cccc1c23. The topological polar surface area (TPSA) is 68.1 Å². The number of aliphatic imine (C=N–C) groups is 2. The summed E-state index contributed by atoms with van der Waals surface area (Å²) in [7, 11) is 1.55. The van der Waals surface area contributed by atoms with E-state index in [0.717, 1.165) is 21.9 Å². The fourth-order valence-corrected chi connectivity index (χ4v) is 2.71. The van der Waals surface area contributed by atoms with Crippen LogP contribution in [-0.2, 0) is 14.3 Å². The van der Waals surface area contributed by atoms with Gasteiger partial charge in [0.05, 0.1) is 11.4 Å². The number of carbonyl (C=O) groups excluding carboxylic acids is 2. The summed E-state index contributed by atoms with van der Waals surface area (Å²) in [5, 5.41) is 1.94. The fraction of sp³-hybridized carbons (Fsp3) is 0.125. The highest BCUT2D eigenvalue weighted by Crippen LogP contribution is 2.42. The predicted molar refractivity (Wildman–Crippen MR) is 77.6 cm³/mol. The maximum Gasteiger partial charge on any atom is 0.240 e. The molecule has 1 aliphatic rings. The zero-order valence-electron chi connectivity index (χ0n) is 11.2. The van der Waals surface area contributed by atoms with Crippen LogP contribution in [-0.4, -0.2) is 19.3 Å². The summed E-state index contributed by atoms with van der Waals surface area (Å²) < 4.78 is 5.45. The average Bonchev–Trinajstić information content (AvgIpc) is 2.50. The number of methoxy groups -OCH3 is 1. The van der Waals surface area contributed by atoms with E-state index < -0.39 is 6.10 Å². The van der Waals surface area contributed by atoms with Crippen LogP contribution >= 0.6 is 0 Å². The van der Waals surface area contributed by atoms with E-state index in [1.807, 2.05) is 24.3 Å². The Kier molecular flexibility index (Phi) is 3.30. The standard InChI is InChI=1S/C16H10N2O3/c1-21-16-11-4-2-3-10-5-6-13(17-8-19)12(15(10)11)7-14(16)18-9-20/h2-7,16H,1H3. The number of hydrogen-bond donors (Lipinski definition) is 0. The van der Waals surface area contributed by atoms with Gasteiger partial charge in [-0.15, -0.1) is 0 Å². The van der Waals surface area contributed by atoms with Crippen LogP contribution in [0.4, 0.5) is 5.69 Å². The van der Waals surface area contributed by atoms with Crippen molar-refractivity contribution < 1.29 is 14.3 Å². The highest BCUT2D eigenvalue weighted by atomic mass is 16.5. The van der Waals surface area contributed by atoms with E-state index in [1.54, 1.807) is 25.3 Å². The second-order valence-corrected chi connectivity index (χ2v) is 4.53. The molecule has 5 heteroatoms. The summed E-state index contributed by atoms with van der Waals surface area (Å²) in [6.07, 6.45) is 4.33. The lowest BCUT2D eigenvalue weighted by Gasteiger charge is -2.23. The smallest absolute Gasteiger partial charge is 0.240 e. The van der Waals surface area contributed by atoms with Crippen LogP contribution in [0.3, 0.4) is 0 Å². The molecule has 0 radical (unpaired) electrons. The molecule has 2 aromatic carbocycles. The highest BCUT2D eigenvalue weighted by Gasteiger charge is 2.25. The van der Waals surface area contributed by atoms with Gasteiger partial charge >= 0.3 is 0 Å². The third-order valence-corrected chi connectivity index (χ3v) is 3.51. The third kappa shape index (κ3) is 2.02. The number of isocyanates is 2. The largest absolute Gasteiger partial charge is 0.370 e. The van der Waals surface area contributed by atoms with Gasteiger partial charge in [-0.1, -0.05) is 24.3 Å². The van der Waals surface area contributed by atoms with Gasteiger partial charge < -0.3 is 4.74 Å². The summed E-state index contributed by atoms with van der Waals surface area (Å²) in [4.78, 5) is 28.6. The van der Waals surface area contributed by atoms with Crippen molar-refractivity contribution in [3.05, 3.63) is 47.2 Å². The molecule has 0 heterocycles. The molecule has 0 spiro atoms. The molecule has 1 atom stereocenters. The number of nitrogens with zero attached hydrogens (tertiary/aromatic N) is 2. The van der Waals surface area contributed by atoms with Gasteiger partial charge in [-0.25, -0.2) is 9.59 Å². The van der Waals surface area contributed by atoms with Crippen LogP contribution in [0, 0.1) is 0 Å². The van der Waals surface area contributed by atoms with E-state index in [4.69, 9.17) is 4.74 Å². The molecule has 102 valence electrons. The van der Waals surface area contributed by atoms with E-state index in [1.165, 1.54) is 6.08 Å². The number of hydrogen-bond acceptors (Lipinski definition) is 5. The Labute approximate surface area is 120 Å². The summed E-state index contributed by atoms with van der Waals surface area (Å²) in [6, 6.07) is 9.39. The first-order valence-electron chi connectivity index (χ1n) is 6.26. The van der Waals surface area contributed by atoms with Gasteiger partial charge in [0.25, 0.3) is 0 Å². The molecular formula is C16H10N2O3. The minimum absolute atomic E-state index is 0.432. The Morgan fingerprint density at radius 1 is 1.10 bits per heavy atom. The first kappa shape index (κ1) is 13.2. The first-order chi connectivity index (χ1) is 10.3. The average molecular weight is 278 g/mol. The van der Waals surface area contributed by atoms with Gasteiger partial charge in [-0.2, -0.15) is 9.98 Å². The quantitative estimate of drug-likeness (QED) is 0.639. The molecule has 0 aromatic heterocycles. The van der Waals surface area contributed by atoms with Gasteiger partial charge in [0.15, 0.2) is 0 Å². The summed E-state index contributed by atoms with van der Waals surface area (Å²) in [5.41, 5.74) is 2.53. The van der Waals surface area contributed by atoms with Crippen molar-refractivity contribution in [2.45, 2.75) is 6.10 Å². The Balaban J connectivity index is 2.44. The first-order valence-corrected chi connectivity index (χ1v) is 6.26. The van der Waals surface area contributed by atoms with Crippen molar-refractivity contribution in [3.8, 4) is 0 Å². The molecule has 0 amide bonds. The van der Waals surface area contributed by atoms with Crippen molar-refractivity contribution in [1.82, 2.24) is 0 Å². The zero-order valence-corrected chi connectivity index (χ0v) is 11.2. The molecule has 21 heavy (non-hydrogen) atoms. The van der Waals surface area contributed by atoms with Gasteiger partial charge in [-0.05, 0) is 28.5 Å². The molecule has 1 unspecified atom stereocenters. The lowest BCUT2D eigenvalue weighted by atomic mass is 9.88. The van der Waals surface area contributed by atoms with E-state index in [0.29, 0.717) is 11.4 Å². The third-order valence-electron chi connectivity index (χ3n) is 3.51. The molecule has 0 aliphatic heterocycles. The van der Waals surface area contributed by atoms with Gasteiger partial charge in [0.1, 0.15) is 6.10 Å². The second-order valence-electron chi connectivity index (χ2n) is 4.53. The van der Waals surface area contributed by atoms with Crippen molar-refractivity contribution in [3.63, 3.8) is 0 Å². The van der Waals surface area contributed by atoms with Crippen molar-refractivity contribution in [2.75, 3.05) is 7.11 Å². The van der Waals surface area contributed by atoms with E-state index in [-0.39, 0.29) is 0 Å². The molecule has 2 aromatic rings. The zero-order chi connectivity index (χ0) is 14.8. The lowest BCUT2D eigenvalue weighted by molar-refractivity contribution is 0.133. The summed E-state index contributed by atoms with van der Waals surface area (Å²) >= 11 is 0. The Hall–Kier alpha value is -2.84. The second kappa shape index (κ2) is 5.27. The molecule has 0 N–H and O–H groups in total. The van der Waals surface area contributed by atoms with Crippen molar-refractivity contribution in [2.24, 2.45) is 9.98 Å². The fourth-order valence-electron chi connectivity index (χ4n) is 2.71. The van der Waals surface area contributed by atoms with Gasteiger partial charge in [-0.3, -0.25) is 0 Å². The molecule has 5 nitrogen and oxygen atoms in total. The Morgan fingerprint density at radius 3 is 2.62 bits per heavy atom. The molecule has 0 fully saturated rings. The van der Waals surface area contributed by atoms with E-state index in [9.17, 15) is 9.59 Å². The molecule has 3 rings (SSSR count). The van der Waals surface area contributed by atoms with Gasteiger partial charge in [0, 0.05) is 12.7 Å². The van der Waals surface area contributed by atoms with Gasteiger partial charge in [0.2, 0.25) is 12.2 Å². The monoisotopic (exact) mass is 278 g/mol. The summed E-state index contributed by atoms with van der Waals surface area (Å²) in [5.74, 6) is 0. The molecule has 1 aliphatic carbocycles. The van der Waals surface area contributed by atoms with Crippen molar-refractivity contribution in [1.29, 1.82) is 0 Å². The molecule has 0 saturated carbocycles. The highest BCUT2D eigenvalue weighted by molar-refractivity contribution is 6.00. The minimum Gasteiger partial charge on any atom is -0.370 e.